The number of Topliss-reactive ketones (excluding diaryl/α,β-unsaturated/α-hetero) is 1. The van der Waals surface area contributed by atoms with Crippen molar-refractivity contribution >= 4 is 5.78 Å². The summed E-state index contributed by atoms with van der Waals surface area (Å²) in [5.41, 5.74) is 0.726. The maximum atomic E-state index is 12.7. The first-order valence-corrected chi connectivity index (χ1v) is 7.91. The smallest absolute Gasteiger partial charge is 0.308 e. The summed E-state index contributed by atoms with van der Waals surface area (Å²) in [6.45, 7) is 0.631. The zero-order chi connectivity index (χ0) is 18.4. The van der Waals surface area contributed by atoms with E-state index in [0.717, 1.165) is 17.7 Å². The molecule has 0 fully saturated rings. The van der Waals surface area contributed by atoms with Gasteiger partial charge in [0.25, 0.3) is 0 Å². The summed E-state index contributed by atoms with van der Waals surface area (Å²) in [4.78, 5) is 14.0. The third-order valence-corrected chi connectivity index (χ3v) is 3.97. The summed E-state index contributed by atoms with van der Waals surface area (Å²) in [6, 6.07) is 14.0. The van der Waals surface area contributed by atoms with Gasteiger partial charge in [-0.15, -0.1) is 0 Å². The molecule has 0 bridgehead atoms. The average molecular weight is 350 g/mol. The van der Waals surface area contributed by atoms with Crippen LogP contribution < -0.4 is 5.32 Å². The number of rotatable bonds is 7. The van der Waals surface area contributed by atoms with Gasteiger partial charge in [-0.1, -0.05) is 42.5 Å². The van der Waals surface area contributed by atoms with Crippen molar-refractivity contribution in [3.05, 3.63) is 71.3 Å². The van der Waals surface area contributed by atoms with E-state index in [9.17, 15) is 18.0 Å². The summed E-state index contributed by atoms with van der Waals surface area (Å²) in [7, 11) is 3.70. The minimum absolute atomic E-state index is 0.0227. The van der Waals surface area contributed by atoms with Crippen molar-refractivity contribution in [1.82, 2.24) is 10.2 Å². The molecular formula is C19H21F3N2O. The van der Waals surface area contributed by atoms with Crippen molar-refractivity contribution in [2.75, 3.05) is 27.2 Å². The monoisotopic (exact) mass is 350 g/mol. The minimum Gasteiger partial charge on any atom is -0.308 e. The molecule has 0 amide bonds. The Morgan fingerprint density at radius 1 is 1.04 bits per heavy atom. The lowest BCUT2D eigenvalue weighted by Crippen LogP contribution is -2.33. The Morgan fingerprint density at radius 3 is 2.16 bits per heavy atom. The number of nitrogens with zero attached hydrogens (tertiary/aromatic N) is 1. The summed E-state index contributed by atoms with van der Waals surface area (Å²) in [5.74, 6) is -0.0227. The van der Waals surface area contributed by atoms with Crippen LogP contribution in [0.1, 0.15) is 27.5 Å². The highest BCUT2D eigenvalue weighted by molar-refractivity contribution is 5.97. The van der Waals surface area contributed by atoms with Crippen molar-refractivity contribution < 1.29 is 18.0 Å². The predicted octanol–water partition coefficient (Wildman–Crippen LogP) is 3.78. The second-order valence-electron chi connectivity index (χ2n) is 6.02. The SMILES string of the molecule is CN(C)C(CNCC(=O)c1ccccc1)c1ccc(C(F)(F)F)cc1. The van der Waals surface area contributed by atoms with E-state index >= 15 is 0 Å². The van der Waals surface area contributed by atoms with Gasteiger partial charge >= 0.3 is 6.18 Å². The molecule has 1 atom stereocenters. The van der Waals surface area contributed by atoms with Crippen molar-refractivity contribution in [1.29, 1.82) is 0 Å². The zero-order valence-electron chi connectivity index (χ0n) is 14.2. The molecule has 2 aromatic rings. The van der Waals surface area contributed by atoms with Gasteiger partial charge in [0.1, 0.15) is 0 Å². The van der Waals surface area contributed by atoms with Crippen molar-refractivity contribution in [3.63, 3.8) is 0 Å². The van der Waals surface area contributed by atoms with E-state index in [0.29, 0.717) is 12.1 Å². The van der Waals surface area contributed by atoms with Crippen molar-refractivity contribution in [2.24, 2.45) is 0 Å². The minimum atomic E-state index is -4.34. The van der Waals surface area contributed by atoms with Crippen LogP contribution in [0.4, 0.5) is 13.2 Å². The maximum Gasteiger partial charge on any atom is 0.416 e. The summed E-state index contributed by atoms with van der Waals surface area (Å²) in [6.07, 6.45) is -4.34. The molecule has 2 rings (SSSR count). The molecular weight excluding hydrogens is 329 g/mol. The van der Waals surface area contributed by atoms with Gasteiger partial charge in [0.15, 0.2) is 5.78 Å². The van der Waals surface area contributed by atoms with Crippen LogP contribution in [0.2, 0.25) is 0 Å². The first kappa shape index (κ1) is 19.1. The highest BCUT2D eigenvalue weighted by Gasteiger charge is 2.30. The Morgan fingerprint density at radius 2 is 1.64 bits per heavy atom. The van der Waals surface area contributed by atoms with Gasteiger partial charge in [-0.25, -0.2) is 0 Å². The Kier molecular flexibility index (Phi) is 6.33. The first-order chi connectivity index (χ1) is 11.8. The molecule has 25 heavy (non-hydrogen) atoms. The fraction of sp³-hybridized carbons (Fsp3) is 0.316. The van der Waals surface area contributed by atoms with E-state index in [1.54, 1.807) is 24.3 Å². The number of alkyl halides is 3. The molecule has 0 aromatic heterocycles. The zero-order valence-corrected chi connectivity index (χ0v) is 14.2. The third-order valence-electron chi connectivity index (χ3n) is 3.97. The second-order valence-corrected chi connectivity index (χ2v) is 6.02. The lowest BCUT2D eigenvalue weighted by Gasteiger charge is -2.25. The molecule has 0 aliphatic carbocycles. The van der Waals surface area contributed by atoms with E-state index in [2.05, 4.69) is 5.32 Å². The van der Waals surface area contributed by atoms with E-state index in [-0.39, 0.29) is 18.4 Å². The number of carbonyl (C=O) groups excluding carboxylic acids is 1. The Balaban J connectivity index is 1.98. The van der Waals surface area contributed by atoms with Gasteiger partial charge in [-0.2, -0.15) is 13.2 Å². The first-order valence-electron chi connectivity index (χ1n) is 7.91. The highest BCUT2D eigenvalue weighted by atomic mass is 19.4. The second kappa shape index (κ2) is 8.27. The van der Waals surface area contributed by atoms with Crippen LogP contribution in [0.5, 0.6) is 0 Å². The number of hydrogen-bond donors (Lipinski definition) is 1. The molecule has 0 aliphatic rings. The van der Waals surface area contributed by atoms with Gasteiger partial charge in [0.2, 0.25) is 0 Å². The molecule has 0 spiro atoms. The van der Waals surface area contributed by atoms with Gasteiger partial charge in [-0.05, 0) is 31.8 Å². The highest BCUT2D eigenvalue weighted by Crippen LogP contribution is 2.30. The van der Waals surface area contributed by atoms with Gasteiger partial charge in [-0.3, -0.25) is 4.79 Å². The number of ketones is 1. The Bertz CT molecular complexity index is 682. The molecule has 1 N–H and O–H groups in total. The number of benzene rings is 2. The topological polar surface area (TPSA) is 32.3 Å². The lowest BCUT2D eigenvalue weighted by atomic mass is 10.0. The van der Waals surface area contributed by atoms with Crippen LogP contribution in [0.15, 0.2) is 54.6 Å². The van der Waals surface area contributed by atoms with Crippen molar-refractivity contribution in [2.45, 2.75) is 12.2 Å². The van der Waals surface area contributed by atoms with Gasteiger partial charge in [0.05, 0.1) is 12.1 Å². The molecule has 0 heterocycles. The summed E-state index contributed by atoms with van der Waals surface area (Å²) in [5, 5.41) is 3.09. The van der Waals surface area contributed by atoms with E-state index in [1.165, 1.54) is 12.1 Å². The van der Waals surface area contributed by atoms with Crippen LogP contribution in [0, 0.1) is 0 Å². The number of hydrogen-bond acceptors (Lipinski definition) is 3. The average Bonchev–Trinajstić information content (AvgIpc) is 2.58. The van der Waals surface area contributed by atoms with Crippen LogP contribution in [0.25, 0.3) is 0 Å². The van der Waals surface area contributed by atoms with Crippen LogP contribution in [-0.4, -0.2) is 37.9 Å². The van der Waals surface area contributed by atoms with E-state index < -0.39 is 11.7 Å². The molecule has 0 saturated heterocycles. The molecule has 2 aromatic carbocycles. The third kappa shape index (κ3) is 5.41. The number of nitrogens with one attached hydrogen (secondary N) is 1. The fourth-order valence-electron chi connectivity index (χ4n) is 2.54. The molecule has 0 radical (unpaired) electrons. The Hall–Kier alpha value is -2.18. The quantitative estimate of drug-likeness (QED) is 0.772. The van der Waals surface area contributed by atoms with Crippen LogP contribution in [0.3, 0.4) is 0 Å². The molecule has 0 aliphatic heterocycles. The molecule has 3 nitrogen and oxygen atoms in total. The summed E-state index contributed by atoms with van der Waals surface area (Å²) < 4.78 is 38.0. The Labute approximate surface area is 145 Å². The molecule has 0 saturated carbocycles. The number of likely N-dealkylation sites (N-methyl/N-ethyl adjacent to an activating group) is 1. The van der Waals surface area contributed by atoms with E-state index in [4.69, 9.17) is 0 Å². The molecule has 1 unspecified atom stereocenters. The van der Waals surface area contributed by atoms with Crippen molar-refractivity contribution in [3.8, 4) is 0 Å². The molecule has 6 heteroatoms. The predicted molar refractivity (Wildman–Crippen MR) is 91.5 cm³/mol. The summed E-state index contributed by atoms with van der Waals surface area (Å²) >= 11 is 0. The van der Waals surface area contributed by atoms with Crippen LogP contribution in [-0.2, 0) is 6.18 Å². The van der Waals surface area contributed by atoms with Crippen LogP contribution >= 0.6 is 0 Å². The van der Waals surface area contributed by atoms with Gasteiger partial charge in [0, 0.05) is 18.2 Å². The molecule has 134 valence electrons. The van der Waals surface area contributed by atoms with Gasteiger partial charge < -0.3 is 10.2 Å². The number of carbonyl (C=O) groups is 1. The maximum absolute atomic E-state index is 12.7. The fourth-order valence-corrected chi connectivity index (χ4v) is 2.54. The van der Waals surface area contributed by atoms with E-state index in [1.807, 2.05) is 25.1 Å². The largest absolute Gasteiger partial charge is 0.416 e. The lowest BCUT2D eigenvalue weighted by molar-refractivity contribution is -0.137. The number of halogens is 3. The normalized spacial score (nSPS) is 13.0. The standard InChI is InChI=1S/C19H21F3N2O/c1-24(2)17(14-8-10-16(11-9-14)19(20,21)22)12-23-13-18(25)15-6-4-3-5-7-15/h3-11,17,23H,12-13H2,1-2H3.